The highest BCUT2D eigenvalue weighted by Crippen LogP contribution is 2.39. The standard InChI is InChI=1S/C23H29ClN4O3/c1-3-4-15-27(2)16-7-14-25-21(29)23(31)19-8-5-6-9-20(19)26-22(30)28(23)18-12-10-17(24)11-13-18/h5-6,8-13,31H,3-4,7,14-16H2,1-2H3,(H,25,29)(H,26,30)/t23-/m1/s1. The highest BCUT2D eigenvalue weighted by atomic mass is 35.5. The molecule has 3 rings (SSSR count). The lowest BCUT2D eigenvalue weighted by Crippen LogP contribution is -2.62. The molecular weight excluding hydrogens is 416 g/mol. The van der Waals surface area contributed by atoms with Crippen LogP contribution in [0, 0.1) is 0 Å². The molecule has 1 aliphatic rings. The van der Waals surface area contributed by atoms with E-state index in [9.17, 15) is 14.7 Å². The number of fused-ring (bicyclic) bond motifs is 1. The van der Waals surface area contributed by atoms with Gasteiger partial charge in [0.25, 0.3) is 11.6 Å². The first kappa shape index (κ1) is 23.1. The fourth-order valence-corrected chi connectivity index (χ4v) is 3.79. The van der Waals surface area contributed by atoms with Crippen molar-refractivity contribution < 1.29 is 14.7 Å². The number of halogens is 1. The number of anilines is 2. The highest BCUT2D eigenvalue weighted by Gasteiger charge is 2.51. The maximum Gasteiger partial charge on any atom is 0.329 e. The van der Waals surface area contributed by atoms with Gasteiger partial charge in [-0.2, -0.15) is 0 Å². The molecule has 1 atom stereocenters. The van der Waals surface area contributed by atoms with E-state index in [1.807, 2.05) is 0 Å². The molecule has 0 radical (unpaired) electrons. The van der Waals surface area contributed by atoms with Gasteiger partial charge in [0.1, 0.15) is 0 Å². The summed E-state index contributed by atoms with van der Waals surface area (Å²) in [4.78, 5) is 29.5. The molecule has 0 aromatic heterocycles. The normalized spacial score (nSPS) is 18.0. The number of hydrogen-bond acceptors (Lipinski definition) is 4. The van der Waals surface area contributed by atoms with Crippen molar-refractivity contribution in [3.05, 3.63) is 59.1 Å². The van der Waals surface area contributed by atoms with E-state index in [-0.39, 0.29) is 0 Å². The first-order chi connectivity index (χ1) is 14.9. The molecule has 0 aliphatic carbocycles. The van der Waals surface area contributed by atoms with E-state index in [1.54, 1.807) is 48.5 Å². The van der Waals surface area contributed by atoms with Crippen LogP contribution < -0.4 is 15.5 Å². The van der Waals surface area contributed by atoms with Crippen molar-refractivity contribution in [2.45, 2.75) is 31.9 Å². The Balaban J connectivity index is 1.83. The van der Waals surface area contributed by atoms with Crippen LogP contribution in [-0.2, 0) is 10.5 Å². The van der Waals surface area contributed by atoms with E-state index in [4.69, 9.17) is 11.6 Å². The quantitative estimate of drug-likeness (QED) is 0.514. The number of amides is 3. The van der Waals surface area contributed by atoms with Crippen molar-refractivity contribution >= 4 is 34.9 Å². The Kier molecular flexibility index (Phi) is 7.54. The molecular formula is C23H29ClN4O3. The van der Waals surface area contributed by atoms with Gasteiger partial charge in [-0.1, -0.05) is 43.1 Å². The molecule has 7 nitrogen and oxygen atoms in total. The van der Waals surface area contributed by atoms with Crippen LogP contribution in [0.2, 0.25) is 5.02 Å². The summed E-state index contributed by atoms with van der Waals surface area (Å²) >= 11 is 5.98. The number of carbonyl (C=O) groups is 2. The second kappa shape index (κ2) is 10.1. The number of benzene rings is 2. The zero-order chi connectivity index (χ0) is 22.4. The van der Waals surface area contributed by atoms with Crippen LogP contribution in [0.4, 0.5) is 16.2 Å². The Labute approximate surface area is 188 Å². The highest BCUT2D eigenvalue weighted by molar-refractivity contribution is 6.30. The fraction of sp³-hybridized carbons (Fsp3) is 0.391. The number of hydrogen-bond donors (Lipinski definition) is 3. The minimum Gasteiger partial charge on any atom is -0.359 e. The lowest BCUT2D eigenvalue weighted by Gasteiger charge is -2.42. The zero-order valence-corrected chi connectivity index (χ0v) is 18.7. The Morgan fingerprint density at radius 2 is 1.84 bits per heavy atom. The molecule has 0 saturated carbocycles. The van der Waals surface area contributed by atoms with E-state index in [1.165, 1.54) is 0 Å². The largest absolute Gasteiger partial charge is 0.359 e. The van der Waals surface area contributed by atoms with Gasteiger partial charge in [-0.05, 0) is 63.3 Å². The van der Waals surface area contributed by atoms with Gasteiger partial charge in [-0.15, -0.1) is 0 Å². The number of nitrogens with one attached hydrogen (secondary N) is 2. The van der Waals surface area contributed by atoms with E-state index < -0.39 is 17.7 Å². The van der Waals surface area contributed by atoms with Crippen LogP contribution in [0.25, 0.3) is 0 Å². The van der Waals surface area contributed by atoms with Gasteiger partial charge in [0.2, 0.25) is 0 Å². The minimum absolute atomic E-state index is 0.308. The molecule has 1 heterocycles. The molecule has 0 spiro atoms. The van der Waals surface area contributed by atoms with E-state index in [0.29, 0.717) is 28.5 Å². The Morgan fingerprint density at radius 3 is 2.55 bits per heavy atom. The summed E-state index contributed by atoms with van der Waals surface area (Å²) in [6.07, 6.45) is 3.00. The Hall–Kier alpha value is -2.61. The number of carbonyl (C=O) groups excluding carboxylic acids is 2. The van der Waals surface area contributed by atoms with Crippen LogP contribution in [0.3, 0.4) is 0 Å². The number of aliphatic hydroxyl groups is 1. The summed E-state index contributed by atoms with van der Waals surface area (Å²) in [7, 11) is 2.05. The molecule has 3 amide bonds. The van der Waals surface area contributed by atoms with Gasteiger partial charge in [-0.25, -0.2) is 4.79 Å². The molecule has 2 aromatic rings. The molecule has 0 saturated heterocycles. The third kappa shape index (κ3) is 5.01. The lowest BCUT2D eigenvalue weighted by atomic mass is 9.95. The molecule has 0 fully saturated rings. The predicted octanol–water partition coefficient (Wildman–Crippen LogP) is 3.78. The number of urea groups is 1. The van der Waals surface area contributed by atoms with Gasteiger partial charge in [0.15, 0.2) is 0 Å². The number of para-hydroxylation sites is 1. The zero-order valence-electron chi connectivity index (χ0n) is 17.9. The summed E-state index contributed by atoms with van der Waals surface area (Å²) < 4.78 is 0. The topological polar surface area (TPSA) is 84.9 Å². The number of unbranched alkanes of at least 4 members (excludes halogenated alkanes) is 1. The maximum absolute atomic E-state index is 13.3. The third-order valence-corrected chi connectivity index (χ3v) is 5.62. The van der Waals surface area contributed by atoms with Crippen LogP contribution in [0.5, 0.6) is 0 Å². The fourth-order valence-electron chi connectivity index (χ4n) is 3.67. The SMILES string of the molecule is CCCCN(C)CCCNC(=O)[C@]1(O)c2ccccc2NC(=O)N1c1ccc(Cl)cc1. The first-order valence-corrected chi connectivity index (χ1v) is 10.9. The molecule has 31 heavy (non-hydrogen) atoms. The first-order valence-electron chi connectivity index (χ1n) is 10.5. The van der Waals surface area contributed by atoms with E-state index in [0.717, 1.165) is 37.3 Å². The third-order valence-electron chi connectivity index (χ3n) is 5.37. The van der Waals surface area contributed by atoms with Crippen molar-refractivity contribution in [3.63, 3.8) is 0 Å². The molecule has 2 aromatic carbocycles. The van der Waals surface area contributed by atoms with Gasteiger partial charge in [-0.3, -0.25) is 9.69 Å². The summed E-state index contributed by atoms with van der Waals surface area (Å²) in [5, 5.41) is 17.7. The molecule has 0 unspecified atom stereocenters. The predicted molar refractivity (Wildman–Crippen MR) is 123 cm³/mol. The second-order valence-electron chi connectivity index (χ2n) is 7.73. The van der Waals surface area contributed by atoms with Crippen molar-refractivity contribution in [1.82, 2.24) is 10.2 Å². The monoisotopic (exact) mass is 444 g/mol. The van der Waals surface area contributed by atoms with Crippen molar-refractivity contribution in [1.29, 1.82) is 0 Å². The second-order valence-corrected chi connectivity index (χ2v) is 8.16. The van der Waals surface area contributed by atoms with E-state index >= 15 is 0 Å². The number of nitrogens with zero attached hydrogens (tertiary/aromatic N) is 2. The summed E-state index contributed by atoms with van der Waals surface area (Å²) in [6.45, 7) is 4.37. The van der Waals surface area contributed by atoms with E-state index in [2.05, 4.69) is 29.5 Å². The molecule has 0 bridgehead atoms. The van der Waals surface area contributed by atoms with Crippen molar-refractivity contribution in [2.24, 2.45) is 0 Å². The molecule has 1 aliphatic heterocycles. The molecule has 166 valence electrons. The average Bonchev–Trinajstić information content (AvgIpc) is 2.76. The lowest BCUT2D eigenvalue weighted by molar-refractivity contribution is -0.140. The summed E-state index contributed by atoms with van der Waals surface area (Å²) in [5.74, 6) is -0.652. The van der Waals surface area contributed by atoms with Crippen molar-refractivity contribution in [2.75, 3.05) is 36.9 Å². The maximum atomic E-state index is 13.3. The van der Waals surface area contributed by atoms with Crippen LogP contribution in [0.15, 0.2) is 48.5 Å². The average molecular weight is 445 g/mol. The van der Waals surface area contributed by atoms with Gasteiger partial charge in [0, 0.05) is 22.8 Å². The van der Waals surface area contributed by atoms with Gasteiger partial charge < -0.3 is 20.6 Å². The molecule has 3 N–H and O–H groups in total. The van der Waals surface area contributed by atoms with Crippen LogP contribution >= 0.6 is 11.6 Å². The Morgan fingerprint density at radius 1 is 1.16 bits per heavy atom. The summed E-state index contributed by atoms with van der Waals surface area (Å²) in [6, 6.07) is 12.6. The Bertz CT molecular complexity index is 921. The van der Waals surface area contributed by atoms with Gasteiger partial charge in [0.05, 0.1) is 5.69 Å². The smallest absolute Gasteiger partial charge is 0.329 e. The minimum atomic E-state index is -2.19. The van der Waals surface area contributed by atoms with Crippen molar-refractivity contribution in [3.8, 4) is 0 Å². The number of rotatable bonds is 9. The van der Waals surface area contributed by atoms with Crippen LogP contribution in [-0.4, -0.2) is 48.6 Å². The summed E-state index contributed by atoms with van der Waals surface area (Å²) in [5.41, 5.74) is -1.13. The van der Waals surface area contributed by atoms with Crippen LogP contribution in [0.1, 0.15) is 31.7 Å². The molecule has 8 heteroatoms. The van der Waals surface area contributed by atoms with Gasteiger partial charge >= 0.3 is 6.03 Å².